The van der Waals surface area contributed by atoms with Crippen molar-refractivity contribution in [1.82, 2.24) is 0 Å². The van der Waals surface area contributed by atoms with Gasteiger partial charge < -0.3 is 10.3 Å². The minimum Gasteiger partial charge on any atom is -0.744 e. The predicted octanol–water partition coefficient (Wildman–Crippen LogP) is -0.907. The Labute approximate surface area is 129 Å². The summed E-state index contributed by atoms with van der Waals surface area (Å²) in [6.07, 6.45) is 0. The topological polar surface area (TPSA) is 83.2 Å². The number of fused-ring (bicyclic) bond motifs is 1. The molecule has 0 radical (unpaired) electrons. The van der Waals surface area contributed by atoms with Crippen molar-refractivity contribution in [2.75, 3.05) is 5.73 Å². The van der Waals surface area contributed by atoms with Crippen molar-refractivity contribution in [1.29, 1.82) is 0 Å². The molecule has 17 heavy (non-hydrogen) atoms. The number of anilines is 1. The van der Waals surface area contributed by atoms with E-state index < -0.39 is 10.1 Å². The van der Waals surface area contributed by atoms with Gasteiger partial charge in [-0.25, -0.2) is 8.42 Å². The monoisotopic (exact) mass is 323 g/mol. The van der Waals surface area contributed by atoms with Crippen LogP contribution < -0.4 is 35.3 Å². The van der Waals surface area contributed by atoms with E-state index in [1.165, 1.54) is 0 Å². The van der Waals surface area contributed by atoms with Gasteiger partial charge in [-0.05, 0) is 27.4 Å². The number of halogens is 1. The average molecular weight is 324 g/mol. The van der Waals surface area contributed by atoms with E-state index in [-0.39, 0.29) is 40.1 Å². The maximum Gasteiger partial charge on any atom is 1.00 e. The number of hydrogen-bond acceptors (Lipinski definition) is 4. The standard InChI is InChI=1S/C10H8BrNO3S.Na/c11-8-5-6-3-1-2-4-7(6)10(9(8)12)16(13,14)15;/h1-5H,12H2,(H,13,14,15);/q;+1/p-1. The molecule has 2 aromatic rings. The van der Waals surface area contributed by atoms with Crippen molar-refractivity contribution in [3.05, 3.63) is 34.8 Å². The van der Waals surface area contributed by atoms with E-state index >= 15 is 0 Å². The Kier molecular flexibility index (Phi) is 4.62. The van der Waals surface area contributed by atoms with E-state index in [9.17, 15) is 13.0 Å². The molecule has 7 heteroatoms. The summed E-state index contributed by atoms with van der Waals surface area (Å²) in [6, 6.07) is 8.37. The molecule has 0 aliphatic rings. The van der Waals surface area contributed by atoms with Gasteiger partial charge in [0.1, 0.15) is 10.1 Å². The normalized spacial score (nSPS) is 11.2. The number of benzene rings is 2. The van der Waals surface area contributed by atoms with Gasteiger partial charge in [0, 0.05) is 9.86 Å². The zero-order valence-corrected chi connectivity index (χ0v) is 13.4. The van der Waals surface area contributed by atoms with Gasteiger partial charge in [-0.1, -0.05) is 24.3 Å². The Balaban J connectivity index is 0.00000144. The van der Waals surface area contributed by atoms with Crippen LogP contribution >= 0.6 is 15.9 Å². The summed E-state index contributed by atoms with van der Waals surface area (Å²) in [7, 11) is -4.59. The Hall–Kier alpha value is -0.110. The predicted molar refractivity (Wildman–Crippen MR) is 64.0 cm³/mol. The second kappa shape index (κ2) is 5.26. The van der Waals surface area contributed by atoms with Crippen LogP contribution in [-0.2, 0) is 10.1 Å². The first-order valence-electron chi connectivity index (χ1n) is 4.34. The van der Waals surface area contributed by atoms with Crippen molar-refractivity contribution in [3.8, 4) is 0 Å². The quantitative estimate of drug-likeness (QED) is 0.418. The van der Waals surface area contributed by atoms with Gasteiger partial charge in [0.15, 0.2) is 0 Å². The van der Waals surface area contributed by atoms with Crippen LogP contribution in [0, 0.1) is 0 Å². The van der Waals surface area contributed by atoms with E-state index in [4.69, 9.17) is 5.73 Å². The van der Waals surface area contributed by atoms with Crippen LogP contribution in [0.2, 0.25) is 0 Å². The van der Waals surface area contributed by atoms with Crippen LogP contribution in [0.4, 0.5) is 5.69 Å². The van der Waals surface area contributed by atoms with E-state index in [0.29, 0.717) is 15.2 Å². The molecule has 0 saturated carbocycles. The SMILES string of the molecule is Nc1c(Br)cc2ccccc2c1S(=O)(=O)[O-].[Na+]. The number of rotatable bonds is 1. The fraction of sp³-hybridized carbons (Fsp3) is 0. The van der Waals surface area contributed by atoms with Crippen molar-refractivity contribution < 1.29 is 42.5 Å². The van der Waals surface area contributed by atoms with E-state index in [2.05, 4.69) is 15.9 Å². The van der Waals surface area contributed by atoms with Crippen LogP contribution in [0.5, 0.6) is 0 Å². The third-order valence-corrected chi connectivity index (χ3v) is 3.84. The summed E-state index contributed by atoms with van der Waals surface area (Å²) < 4.78 is 33.9. The molecule has 2 N–H and O–H groups in total. The third kappa shape index (κ3) is 2.83. The first kappa shape index (κ1) is 14.9. The number of nitrogen functional groups attached to an aromatic ring is 1. The molecule has 0 unspecified atom stereocenters. The Morgan fingerprint density at radius 3 is 2.41 bits per heavy atom. The maximum atomic E-state index is 11.2. The van der Waals surface area contributed by atoms with Crippen LogP contribution in [0.3, 0.4) is 0 Å². The summed E-state index contributed by atoms with van der Waals surface area (Å²) >= 11 is 3.13. The molecule has 84 valence electrons. The molecule has 0 spiro atoms. The minimum absolute atomic E-state index is 0. The van der Waals surface area contributed by atoms with Gasteiger partial charge in [-0.15, -0.1) is 0 Å². The summed E-state index contributed by atoms with van der Waals surface area (Å²) in [6.45, 7) is 0. The van der Waals surface area contributed by atoms with Crippen molar-refractivity contribution >= 4 is 42.5 Å². The fourth-order valence-electron chi connectivity index (χ4n) is 1.57. The first-order chi connectivity index (χ1) is 7.41. The average Bonchev–Trinajstić information content (AvgIpc) is 2.17. The maximum absolute atomic E-state index is 11.2. The summed E-state index contributed by atoms with van der Waals surface area (Å²) in [5, 5.41) is 0.996. The largest absolute Gasteiger partial charge is 1.00 e. The zero-order chi connectivity index (χ0) is 11.9. The molecular formula is C10H7BrNNaO3S. The molecule has 2 aromatic carbocycles. The van der Waals surface area contributed by atoms with Crippen molar-refractivity contribution in [2.45, 2.75) is 4.90 Å². The van der Waals surface area contributed by atoms with Crippen molar-refractivity contribution in [2.24, 2.45) is 0 Å². The van der Waals surface area contributed by atoms with Crippen LogP contribution in [-0.4, -0.2) is 13.0 Å². The van der Waals surface area contributed by atoms with Gasteiger partial charge >= 0.3 is 29.6 Å². The molecular weight excluding hydrogens is 317 g/mol. The molecule has 0 saturated heterocycles. The molecule has 0 aromatic heterocycles. The molecule has 0 bridgehead atoms. The van der Waals surface area contributed by atoms with Crippen LogP contribution in [0.1, 0.15) is 0 Å². The Morgan fingerprint density at radius 2 is 1.82 bits per heavy atom. The minimum atomic E-state index is -4.59. The summed E-state index contributed by atoms with van der Waals surface area (Å²) in [5.41, 5.74) is 5.56. The van der Waals surface area contributed by atoms with E-state index in [0.717, 1.165) is 0 Å². The van der Waals surface area contributed by atoms with Crippen LogP contribution in [0.15, 0.2) is 39.7 Å². The van der Waals surface area contributed by atoms with Gasteiger partial charge in [0.2, 0.25) is 0 Å². The Morgan fingerprint density at radius 1 is 1.24 bits per heavy atom. The molecule has 2 rings (SSSR count). The van der Waals surface area contributed by atoms with Gasteiger partial charge in [-0.3, -0.25) is 0 Å². The molecule has 0 atom stereocenters. The fourth-order valence-corrected chi connectivity index (χ4v) is 2.98. The van der Waals surface area contributed by atoms with Gasteiger partial charge in [0.25, 0.3) is 0 Å². The van der Waals surface area contributed by atoms with Gasteiger partial charge in [-0.2, -0.15) is 0 Å². The molecule has 0 aliphatic heterocycles. The molecule has 0 aliphatic carbocycles. The number of hydrogen-bond donors (Lipinski definition) is 1. The smallest absolute Gasteiger partial charge is 0.744 e. The summed E-state index contributed by atoms with van der Waals surface area (Å²) in [5.74, 6) is 0. The zero-order valence-electron chi connectivity index (χ0n) is 8.98. The third-order valence-electron chi connectivity index (χ3n) is 2.24. The van der Waals surface area contributed by atoms with Crippen molar-refractivity contribution in [3.63, 3.8) is 0 Å². The second-order valence-corrected chi connectivity index (χ2v) is 5.45. The molecule has 0 heterocycles. The first-order valence-corrected chi connectivity index (χ1v) is 6.54. The van der Waals surface area contributed by atoms with Gasteiger partial charge in [0.05, 0.1) is 10.6 Å². The number of nitrogens with two attached hydrogens (primary N) is 1. The molecule has 4 nitrogen and oxygen atoms in total. The second-order valence-electron chi connectivity index (χ2n) is 3.28. The molecule has 0 fully saturated rings. The van der Waals surface area contributed by atoms with E-state index in [1.54, 1.807) is 30.3 Å². The molecule has 0 amide bonds. The Bertz CT molecular complexity index is 673. The van der Waals surface area contributed by atoms with E-state index in [1.807, 2.05) is 0 Å². The summed E-state index contributed by atoms with van der Waals surface area (Å²) in [4.78, 5) is -0.363. The van der Waals surface area contributed by atoms with Crippen LogP contribution in [0.25, 0.3) is 10.8 Å².